The van der Waals surface area contributed by atoms with Gasteiger partial charge in [-0.1, -0.05) is 26.8 Å². The highest BCUT2D eigenvalue weighted by atomic mass is 19.1. The molecule has 204 valence electrons. The molecule has 38 heavy (non-hydrogen) atoms. The van der Waals surface area contributed by atoms with E-state index in [1.807, 2.05) is 27.7 Å². The molecule has 0 bridgehead atoms. The van der Waals surface area contributed by atoms with Crippen LogP contribution in [0.3, 0.4) is 0 Å². The van der Waals surface area contributed by atoms with E-state index in [1.165, 1.54) is 16.7 Å². The number of nitrogens with zero attached hydrogens (tertiary/aromatic N) is 5. The van der Waals surface area contributed by atoms with Gasteiger partial charge in [-0.15, -0.1) is 10.2 Å². The largest absolute Gasteiger partial charge is 0.508 e. The molecule has 3 aromatic rings. The van der Waals surface area contributed by atoms with Gasteiger partial charge in [-0.25, -0.2) is 4.39 Å². The van der Waals surface area contributed by atoms with Crippen molar-refractivity contribution in [2.75, 3.05) is 32.7 Å². The van der Waals surface area contributed by atoms with Crippen LogP contribution in [0.2, 0.25) is 0 Å². The van der Waals surface area contributed by atoms with Gasteiger partial charge in [0.1, 0.15) is 17.3 Å². The van der Waals surface area contributed by atoms with Crippen LogP contribution in [0.1, 0.15) is 62.3 Å². The summed E-state index contributed by atoms with van der Waals surface area (Å²) in [5.74, 6) is -1.03. The number of nitrogens with one attached hydrogen (secondary N) is 1. The van der Waals surface area contributed by atoms with Crippen LogP contribution >= 0.6 is 0 Å². The van der Waals surface area contributed by atoms with Crippen LogP contribution in [0.5, 0.6) is 11.5 Å². The second-order valence-corrected chi connectivity index (χ2v) is 10.4. The highest BCUT2D eigenvalue weighted by Gasteiger charge is 2.26. The van der Waals surface area contributed by atoms with Crippen molar-refractivity contribution in [1.82, 2.24) is 29.9 Å². The zero-order valence-electron chi connectivity index (χ0n) is 22.7. The van der Waals surface area contributed by atoms with Crippen LogP contribution in [0.4, 0.5) is 4.39 Å². The fourth-order valence-electron chi connectivity index (χ4n) is 4.72. The molecule has 0 atom stereocenters. The van der Waals surface area contributed by atoms with E-state index in [-0.39, 0.29) is 40.7 Å². The van der Waals surface area contributed by atoms with Gasteiger partial charge in [-0.05, 0) is 50.1 Å². The van der Waals surface area contributed by atoms with E-state index in [4.69, 9.17) is 0 Å². The molecule has 1 fully saturated rings. The maximum Gasteiger partial charge on any atom is 0.289 e. The summed E-state index contributed by atoms with van der Waals surface area (Å²) in [5.41, 5.74) is 1.80. The number of hydrogen-bond acceptors (Lipinski definition) is 7. The monoisotopic (exact) mass is 524 g/mol. The SMILES string of the molecule is CCN1CCN(Cc2ccc(-n3c(C(=O)NC(C)C)nnc3-c3cc(C(C)C)c(O)cc3O)cc2F)CC1. The van der Waals surface area contributed by atoms with Crippen LogP contribution in [0.25, 0.3) is 17.1 Å². The van der Waals surface area contributed by atoms with E-state index in [0.717, 1.165) is 32.7 Å². The Morgan fingerprint density at radius 3 is 2.29 bits per heavy atom. The highest BCUT2D eigenvalue weighted by Crippen LogP contribution is 2.38. The Hall–Kier alpha value is -3.50. The van der Waals surface area contributed by atoms with Gasteiger partial charge in [0.15, 0.2) is 5.82 Å². The third kappa shape index (κ3) is 5.81. The van der Waals surface area contributed by atoms with Gasteiger partial charge < -0.3 is 20.4 Å². The fraction of sp³-hybridized carbons (Fsp3) is 0.464. The molecule has 0 radical (unpaired) electrons. The summed E-state index contributed by atoms with van der Waals surface area (Å²) >= 11 is 0. The first kappa shape index (κ1) is 27.5. The number of aromatic nitrogens is 3. The molecule has 0 aliphatic carbocycles. The predicted octanol–water partition coefficient (Wildman–Crippen LogP) is 3.88. The molecule has 3 N–H and O–H groups in total. The van der Waals surface area contributed by atoms with Crippen LogP contribution in [-0.4, -0.2) is 79.5 Å². The Morgan fingerprint density at radius 1 is 1.00 bits per heavy atom. The van der Waals surface area contributed by atoms with Crippen molar-refractivity contribution in [1.29, 1.82) is 0 Å². The molecule has 1 aliphatic heterocycles. The van der Waals surface area contributed by atoms with Crippen LogP contribution in [-0.2, 0) is 6.54 Å². The summed E-state index contributed by atoms with van der Waals surface area (Å²) in [5, 5.41) is 32.2. The second-order valence-electron chi connectivity index (χ2n) is 10.4. The number of benzene rings is 2. The minimum absolute atomic E-state index is 0.0323. The van der Waals surface area contributed by atoms with Crippen molar-refractivity contribution < 1.29 is 19.4 Å². The number of carbonyl (C=O) groups is 1. The van der Waals surface area contributed by atoms with Crippen molar-refractivity contribution in [3.63, 3.8) is 0 Å². The molecular weight excluding hydrogens is 487 g/mol. The van der Waals surface area contributed by atoms with E-state index in [2.05, 4.69) is 32.2 Å². The minimum atomic E-state index is -0.473. The van der Waals surface area contributed by atoms with E-state index < -0.39 is 11.7 Å². The molecule has 4 rings (SSSR count). The normalized spacial score (nSPS) is 14.9. The number of halogens is 1. The molecule has 2 aromatic carbocycles. The maximum atomic E-state index is 15.4. The van der Waals surface area contributed by atoms with Crippen LogP contribution in [0.15, 0.2) is 30.3 Å². The number of amides is 1. The highest BCUT2D eigenvalue weighted by molar-refractivity contribution is 5.92. The lowest BCUT2D eigenvalue weighted by molar-refractivity contribution is 0.0930. The van der Waals surface area contributed by atoms with E-state index in [0.29, 0.717) is 23.4 Å². The molecule has 10 heteroatoms. The average Bonchev–Trinajstić information content (AvgIpc) is 3.30. The summed E-state index contributed by atoms with van der Waals surface area (Å²) < 4.78 is 16.9. The van der Waals surface area contributed by atoms with E-state index in [9.17, 15) is 15.0 Å². The molecule has 0 unspecified atom stereocenters. The molecule has 2 heterocycles. The second kappa shape index (κ2) is 11.5. The number of hydrogen-bond donors (Lipinski definition) is 3. The Bertz CT molecular complexity index is 1300. The summed E-state index contributed by atoms with van der Waals surface area (Å²) in [6.45, 7) is 14.8. The predicted molar refractivity (Wildman–Crippen MR) is 144 cm³/mol. The number of phenolic OH excluding ortho intramolecular Hbond substituents is 2. The summed E-state index contributed by atoms with van der Waals surface area (Å²) in [6, 6.07) is 7.55. The number of piperazine rings is 1. The lowest BCUT2D eigenvalue weighted by atomic mass is 9.98. The first-order valence-electron chi connectivity index (χ1n) is 13.1. The molecular formula is C28H37FN6O3. The van der Waals surface area contributed by atoms with Crippen molar-refractivity contribution >= 4 is 5.91 Å². The van der Waals surface area contributed by atoms with Gasteiger partial charge in [0.25, 0.3) is 5.91 Å². The summed E-state index contributed by atoms with van der Waals surface area (Å²) in [6.07, 6.45) is 0. The quantitative estimate of drug-likeness (QED) is 0.411. The first-order chi connectivity index (χ1) is 18.1. The number of rotatable bonds is 8. The van der Waals surface area contributed by atoms with Crippen molar-refractivity contribution in [3.8, 4) is 28.6 Å². The third-order valence-corrected chi connectivity index (χ3v) is 6.89. The number of carbonyl (C=O) groups excluding carboxylic acids is 1. The Labute approximate surface area is 222 Å². The number of likely N-dealkylation sites (N-methyl/N-ethyl adjacent to an activating group) is 1. The maximum absolute atomic E-state index is 15.4. The molecule has 1 saturated heterocycles. The fourth-order valence-corrected chi connectivity index (χ4v) is 4.72. The zero-order valence-corrected chi connectivity index (χ0v) is 22.7. The molecule has 0 spiro atoms. The van der Waals surface area contributed by atoms with Crippen molar-refractivity contribution in [2.45, 2.75) is 53.1 Å². The smallest absolute Gasteiger partial charge is 0.289 e. The van der Waals surface area contributed by atoms with Gasteiger partial charge in [0.05, 0.1) is 11.3 Å². The third-order valence-electron chi connectivity index (χ3n) is 6.89. The molecule has 1 aliphatic rings. The molecule has 1 aromatic heterocycles. The van der Waals surface area contributed by atoms with Gasteiger partial charge >= 0.3 is 0 Å². The molecule has 9 nitrogen and oxygen atoms in total. The lowest BCUT2D eigenvalue weighted by Crippen LogP contribution is -2.45. The summed E-state index contributed by atoms with van der Waals surface area (Å²) in [7, 11) is 0. The van der Waals surface area contributed by atoms with Crippen molar-refractivity contribution in [3.05, 3.63) is 53.1 Å². The number of aromatic hydroxyl groups is 2. The minimum Gasteiger partial charge on any atom is -0.508 e. The Kier molecular flexibility index (Phi) is 8.32. The molecule has 1 amide bonds. The van der Waals surface area contributed by atoms with E-state index in [1.54, 1.807) is 18.2 Å². The first-order valence-corrected chi connectivity index (χ1v) is 13.1. The topological polar surface area (TPSA) is 107 Å². The molecule has 0 saturated carbocycles. The number of phenols is 2. The van der Waals surface area contributed by atoms with Crippen LogP contribution in [0, 0.1) is 5.82 Å². The zero-order chi connectivity index (χ0) is 27.6. The summed E-state index contributed by atoms with van der Waals surface area (Å²) in [4.78, 5) is 17.6. The van der Waals surface area contributed by atoms with Gasteiger partial charge in [-0.3, -0.25) is 14.3 Å². The standard InChI is InChI=1S/C28H37FN6O3/c1-6-33-9-11-34(12-10-33)16-19-7-8-20(13-23(19)29)35-26(31-32-27(35)28(38)30-18(4)5)22-14-21(17(2)3)24(36)15-25(22)37/h7-8,13-15,17-18,36-37H,6,9-12,16H2,1-5H3,(H,30,38). The van der Waals surface area contributed by atoms with Crippen molar-refractivity contribution in [2.24, 2.45) is 0 Å². The Morgan fingerprint density at radius 2 is 1.68 bits per heavy atom. The van der Waals surface area contributed by atoms with Crippen LogP contribution < -0.4 is 5.32 Å². The Balaban J connectivity index is 1.75. The lowest BCUT2D eigenvalue weighted by Gasteiger charge is -2.34. The average molecular weight is 525 g/mol. The van der Waals surface area contributed by atoms with Gasteiger partial charge in [0.2, 0.25) is 5.82 Å². The van der Waals surface area contributed by atoms with Gasteiger partial charge in [-0.2, -0.15) is 0 Å². The van der Waals surface area contributed by atoms with Gasteiger partial charge in [0, 0.05) is 50.4 Å². The van der Waals surface area contributed by atoms with E-state index >= 15 is 4.39 Å².